The lowest BCUT2D eigenvalue weighted by Gasteiger charge is -2.46. The SMILES string of the molecule is CCCC1CCCCN1C1COCCC1NC. The predicted octanol–water partition coefficient (Wildman–Crippen LogP) is 2.02. The minimum Gasteiger partial charge on any atom is -0.380 e. The van der Waals surface area contributed by atoms with Crippen LogP contribution < -0.4 is 5.32 Å². The molecule has 2 saturated heterocycles. The summed E-state index contributed by atoms with van der Waals surface area (Å²) in [6.45, 7) is 5.43. The van der Waals surface area contributed by atoms with Crippen LogP contribution in [-0.2, 0) is 4.74 Å². The molecule has 0 spiro atoms. The second kappa shape index (κ2) is 6.72. The van der Waals surface area contributed by atoms with Gasteiger partial charge in [-0.2, -0.15) is 0 Å². The zero-order chi connectivity index (χ0) is 12.1. The maximum Gasteiger partial charge on any atom is 0.0637 e. The van der Waals surface area contributed by atoms with Crippen LogP contribution in [0.2, 0.25) is 0 Å². The molecule has 2 fully saturated rings. The number of hydrogen-bond acceptors (Lipinski definition) is 3. The Morgan fingerprint density at radius 2 is 2.18 bits per heavy atom. The first-order valence-electron chi connectivity index (χ1n) is 7.37. The van der Waals surface area contributed by atoms with E-state index in [0.29, 0.717) is 12.1 Å². The second-order valence-electron chi connectivity index (χ2n) is 5.50. The van der Waals surface area contributed by atoms with Crippen LogP contribution in [0.15, 0.2) is 0 Å². The fourth-order valence-corrected chi connectivity index (χ4v) is 3.49. The molecule has 100 valence electrons. The Kier molecular flexibility index (Phi) is 5.26. The maximum atomic E-state index is 5.71. The summed E-state index contributed by atoms with van der Waals surface area (Å²) in [4.78, 5) is 2.74. The average molecular weight is 240 g/mol. The molecule has 0 aromatic rings. The number of rotatable bonds is 4. The summed E-state index contributed by atoms with van der Waals surface area (Å²) in [6, 6.07) is 2.03. The largest absolute Gasteiger partial charge is 0.380 e. The minimum atomic E-state index is 0.602. The monoisotopic (exact) mass is 240 g/mol. The quantitative estimate of drug-likeness (QED) is 0.813. The summed E-state index contributed by atoms with van der Waals surface area (Å²) in [5.74, 6) is 0. The number of likely N-dealkylation sites (N-methyl/N-ethyl adjacent to an activating group) is 1. The van der Waals surface area contributed by atoms with Crippen LogP contribution in [0.3, 0.4) is 0 Å². The molecule has 0 aromatic heterocycles. The lowest BCUT2D eigenvalue weighted by Crippen LogP contribution is -2.58. The van der Waals surface area contributed by atoms with Crippen molar-refractivity contribution in [3.8, 4) is 0 Å². The van der Waals surface area contributed by atoms with Crippen LogP contribution in [0.4, 0.5) is 0 Å². The lowest BCUT2D eigenvalue weighted by molar-refractivity contribution is -0.0301. The van der Waals surface area contributed by atoms with Crippen molar-refractivity contribution in [2.24, 2.45) is 0 Å². The van der Waals surface area contributed by atoms with Gasteiger partial charge in [-0.25, -0.2) is 0 Å². The molecule has 1 N–H and O–H groups in total. The van der Waals surface area contributed by atoms with Crippen molar-refractivity contribution < 1.29 is 4.74 Å². The first-order valence-corrected chi connectivity index (χ1v) is 7.37. The Morgan fingerprint density at radius 3 is 2.94 bits per heavy atom. The molecular formula is C14H28N2O. The summed E-state index contributed by atoms with van der Waals surface area (Å²) in [5.41, 5.74) is 0. The summed E-state index contributed by atoms with van der Waals surface area (Å²) in [7, 11) is 2.10. The van der Waals surface area contributed by atoms with Crippen molar-refractivity contribution >= 4 is 0 Å². The van der Waals surface area contributed by atoms with Gasteiger partial charge in [0.2, 0.25) is 0 Å². The molecule has 3 nitrogen and oxygen atoms in total. The smallest absolute Gasteiger partial charge is 0.0637 e. The van der Waals surface area contributed by atoms with Gasteiger partial charge in [0.15, 0.2) is 0 Å². The molecule has 0 radical (unpaired) electrons. The van der Waals surface area contributed by atoms with E-state index in [1.54, 1.807) is 0 Å². The Labute approximate surface area is 106 Å². The van der Waals surface area contributed by atoms with Gasteiger partial charge in [0.1, 0.15) is 0 Å². The lowest BCUT2D eigenvalue weighted by atomic mass is 9.92. The van der Waals surface area contributed by atoms with Gasteiger partial charge in [-0.05, 0) is 39.3 Å². The van der Waals surface area contributed by atoms with E-state index in [9.17, 15) is 0 Å². The van der Waals surface area contributed by atoms with Gasteiger partial charge in [0.05, 0.1) is 6.61 Å². The highest BCUT2D eigenvalue weighted by Gasteiger charge is 2.34. The Morgan fingerprint density at radius 1 is 1.29 bits per heavy atom. The van der Waals surface area contributed by atoms with Crippen molar-refractivity contribution in [3.05, 3.63) is 0 Å². The van der Waals surface area contributed by atoms with Crippen LogP contribution >= 0.6 is 0 Å². The number of likely N-dealkylation sites (tertiary alicyclic amines) is 1. The summed E-state index contributed by atoms with van der Waals surface area (Å²) >= 11 is 0. The molecule has 0 saturated carbocycles. The number of hydrogen-bond donors (Lipinski definition) is 1. The Hall–Kier alpha value is -0.120. The Balaban J connectivity index is 2.00. The second-order valence-corrected chi connectivity index (χ2v) is 5.50. The van der Waals surface area contributed by atoms with E-state index in [1.165, 1.54) is 38.6 Å². The van der Waals surface area contributed by atoms with E-state index in [-0.39, 0.29) is 0 Å². The molecule has 3 heteroatoms. The van der Waals surface area contributed by atoms with Crippen molar-refractivity contribution in [1.29, 1.82) is 0 Å². The molecule has 2 rings (SSSR count). The third-order valence-corrected chi connectivity index (χ3v) is 4.42. The summed E-state index contributed by atoms with van der Waals surface area (Å²) < 4.78 is 5.71. The van der Waals surface area contributed by atoms with Crippen molar-refractivity contribution in [1.82, 2.24) is 10.2 Å². The molecule has 3 atom stereocenters. The van der Waals surface area contributed by atoms with E-state index in [0.717, 1.165) is 25.7 Å². The zero-order valence-corrected chi connectivity index (χ0v) is 11.5. The van der Waals surface area contributed by atoms with E-state index >= 15 is 0 Å². The average Bonchev–Trinajstić information content (AvgIpc) is 2.40. The molecule has 2 heterocycles. The van der Waals surface area contributed by atoms with Gasteiger partial charge in [0, 0.05) is 24.7 Å². The predicted molar refractivity (Wildman–Crippen MR) is 71.3 cm³/mol. The molecule has 0 aromatic carbocycles. The molecule has 3 unspecified atom stereocenters. The fourth-order valence-electron chi connectivity index (χ4n) is 3.49. The molecule has 0 bridgehead atoms. The van der Waals surface area contributed by atoms with Gasteiger partial charge in [-0.15, -0.1) is 0 Å². The van der Waals surface area contributed by atoms with E-state index < -0.39 is 0 Å². The summed E-state index contributed by atoms with van der Waals surface area (Å²) in [5, 5.41) is 3.49. The first kappa shape index (κ1) is 13.3. The number of piperidine rings is 1. The number of nitrogens with zero attached hydrogens (tertiary/aromatic N) is 1. The zero-order valence-electron chi connectivity index (χ0n) is 11.5. The number of ether oxygens (including phenoxy) is 1. The molecule has 2 aliphatic heterocycles. The molecule has 0 aliphatic carbocycles. The summed E-state index contributed by atoms with van der Waals surface area (Å²) in [6.07, 6.45) is 8.00. The highest BCUT2D eigenvalue weighted by atomic mass is 16.5. The van der Waals surface area contributed by atoms with E-state index in [2.05, 4.69) is 24.2 Å². The molecular weight excluding hydrogens is 212 g/mol. The van der Waals surface area contributed by atoms with E-state index in [4.69, 9.17) is 4.74 Å². The number of nitrogens with one attached hydrogen (secondary N) is 1. The van der Waals surface area contributed by atoms with Crippen molar-refractivity contribution in [2.75, 3.05) is 26.8 Å². The van der Waals surface area contributed by atoms with Gasteiger partial charge >= 0.3 is 0 Å². The minimum absolute atomic E-state index is 0.602. The van der Waals surface area contributed by atoms with Crippen molar-refractivity contribution in [2.45, 2.75) is 63.6 Å². The van der Waals surface area contributed by atoms with Gasteiger partial charge < -0.3 is 10.1 Å². The van der Waals surface area contributed by atoms with Crippen LogP contribution in [-0.4, -0.2) is 49.8 Å². The normalized spacial score (nSPS) is 36.0. The highest BCUT2D eigenvalue weighted by molar-refractivity contribution is 4.91. The highest BCUT2D eigenvalue weighted by Crippen LogP contribution is 2.26. The van der Waals surface area contributed by atoms with E-state index in [1.807, 2.05) is 0 Å². The molecule has 0 amide bonds. The fraction of sp³-hybridized carbons (Fsp3) is 1.00. The topological polar surface area (TPSA) is 24.5 Å². The third kappa shape index (κ3) is 3.21. The van der Waals surface area contributed by atoms with Crippen LogP contribution in [0.5, 0.6) is 0 Å². The van der Waals surface area contributed by atoms with Gasteiger partial charge in [-0.3, -0.25) is 4.90 Å². The standard InChI is InChI=1S/C14H28N2O/c1-3-6-12-7-4-5-9-16(12)14-11-17-10-8-13(14)15-2/h12-15H,3-11H2,1-2H3. The van der Waals surface area contributed by atoms with Crippen LogP contribution in [0, 0.1) is 0 Å². The van der Waals surface area contributed by atoms with Crippen LogP contribution in [0.25, 0.3) is 0 Å². The first-order chi connectivity index (χ1) is 8.36. The van der Waals surface area contributed by atoms with Crippen molar-refractivity contribution in [3.63, 3.8) is 0 Å². The van der Waals surface area contributed by atoms with Gasteiger partial charge in [0.25, 0.3) is 0 Å². The third-order valence-electron chi connectivity index (χ3n) is 4.42. The molecule has 17 heavy (non-hydrogen) atoms. The molecule has 2 aliphatic rings. The van der Waals surface area contributed by atoms with Crippen LogP contribution in [0.1, 0.15) is 45.4 Å². The maximum absolute atomic E-state index is 5.71. The van der Waals surface area contributed by atoms with Gasteiger partial charge in [-0.1, -0.05) is 19.8 Å². The Bertz CT molecular complexity index is 220.